The third-order valence-corrected chi connectivity index (χ3v) is 2.94. The van der Waals surface area contributed by atoms with Crippen LogP contribution in [-0.4, -0.2) is 17.9 Å². The molecule has 2 atom stereocenters. The van der Waals surface area contributed by atoms with Gasteiger partial charge in [-0.1, -0.05) is 25.8 Å². The summed E-state index contributed by atoms with van der Waals surface area (Å²) in [6.45, 7) is 4.32. The Morgan fingerprint density at radius 1 is 1.47 bits per heavy atom. The predicted molar refractivity (Wildman–Crippen MR) is 63.9 cm³/mol. The second-order valence-corrected chi connectivity index (χ2v) is 4.53. The molecule has 0 spiro atoms. The second-order valence-electron chi connectivity index (χ2n) is 4.53. The molecule has 1 heterocycles. The van der Waals surface area contributed by atoms with Gasteiger partial charge in [0, 0.05) is 18.5 Å². The lowest BCUT2D eigenvalue weighted by atomic mass is 9.99. The fourth-order valence-corrected chi connectivity index (χ4v) is 1.99. The van der Waals surface area contributed by atoms with Crippen LogP contribution in [0.4, 0.5) is 0 Å². The molecular weight excluding hydrogens is 186 g/mol. The zero-order chi connectivity index (χ0) is 11.1. The Kier molecular flexibility index (Phi) is 5.62. The number of carbonyl (C=O) groups excluding carboxylic acids is 1. The number of nitrogens with one attached hydrogen (secondary N) is 1. The van der Waals surface area contributed by atoms with E-state index in [1.807, 2.05) is 6.08 Å². The largest absolute Gasteiger partial charge is 0.308 e. The maximum Gasteiger partial charge on any atom is 0.155 e. The van der Waals surface area contributed by atoms with E-state index < -0.39 is 0 Å². The quantitative estimate of drug-likeness (QED) is 0.705. The summed E-state index contributed by atoms with van der Waals surface area (Å²) in [5.74, 6) is 0.275. The van der Waals surface area contributed by atoms with Crippen LogP contribution in [0, 0.1) is 0 Å². The minimum atomic E-state index is 0.275. The lowest BCUT2D eigenvalue weighted by Crippen LogP contribution is -2.39. The standard InChI is InChI=1S/C13H23NO/c1-3-4-8-13(15)10-9-12-7-5-6-11(2)14-12/h9-12,14H,3-8H2,1-2H3/b10-9+/t11-,12-/m0/s1. The molecule has 1 fully saturated rings. The lowest BCUT2D eigenvalue weighted by Gasteiger charge is -2.26. The van der Waals surface area contributed by atoms with Crippen LogP contribution in [-0.2, 0) is 4.79 Å². The van der Waals surface area contributed by atoms with Crippen molar-refractivity contribution in [2.24, 2.45) is 0 Å². The van der Waals surface area contributed by atoms with Crippen LogP contribution in [0.2, 0.25) is 0 Å². The average Bonchev–Trinajstić information content (AvgIpc) is 2.23. The highest BCUT2D eigenvalue weighted by Gasteiger charge is 2.14. The van der Waals surface area contributed by atoms with E-state index in [4.69, 9.17) is 0 Å². The molecule has 1 N–H and O–H groups in total. The van der Waals surface area contributed by atoms with Crippen molar-refractivity contribution in [1.29, 1.82) is 0 Å². The number of ketones is 1. The van der Waals surface area contributed by atoms with Crippen molar-refractivity contribution >= 4 is 5.78 Å². The molecule has 0 radical (unpaired) electrons. The van der Waals surface area contributed by atoms with Crippen LogP contribution in [0.15, 0.2) is 12.2 Å². The maximum atomic E-state index is 11.4. The van der Waals surface area contributed by atoms with Crippen LogP contribution in [0.1, 0.15) is 52.4 Å². The third kappa shape index (κ3) is 5.12. The molecule has 1 aliphatic heterocycles. The zero-order valence-corrected chi connectivity index (χ0v) is 9.96. The fraction of sp³-hybridized carbons (Fsp3) is 0.769. The van der Waals surface area contributed by atoms with Crippen molar-refractivity contribution in [1.82, 2.24) is 5.32 Å². The Bertz CT molecular complexity index is 223. The van der Waals surface area contributed by atoms with Gasteiger partial charge in [0.05, 0.1) is 0 Å². The average molecular weight is 209 g/mol. The molecule has 0 aromatic rings. The molecule has 0 bridgehead atoms. The molecule has 2 heteroatoms. The number of unbranched alkanes of at least 4 members (excludes halogenated alkanes) is 1. The maximum absolute atomic E-state index is 11.4. The first-order chi connectivity index (χ1) is 7.22. The van der Waals surface area contributed by atoms with Gasteiger partial charge in [0.2, 0.25) is 0 Å². The van der Waals surface area contributed by atoms with Crippen molar-refractivity contribution in [3.05, 3.63) is 12.2 Å². The van der Waals surface area contributed by atoms with Gasteiger partial charge >= 0.3 is 0 Å². The molecule has 0 amide bonds. The summed E-state index contributed by atoms with van der Waals surface area (Å²) in [4.78, 5) is 11.4. The highest BCUT2D eigenvalue weighted by molar-refractivity contribution is 5.89. The molecule has 0 unspecified atom stereocenters. The molecule has 86 valence electrons. The van der Waals surface area contributed by atoms with E-state index in [-0.39, 0.29) is 5.78 Å². The van der Waals surface area contributed by atoms with Gasteiger partial charge in [0.1, 0.15) is 0 Å². The lowest BCUT2D eigenvalue weighted by molar-refractivity contribution is -0.114. The van der Waals surface area contributed by atoms with Crippen LogP contribution in [0.3, 0.4) is 0 Å². The van der Waals surface area contributed by atoms with E-state index in [0.29, 0.717) is 18.5 Å². The smallest absolute Gasteiger partial charge is 0.155 e. The third-order valence-electron chi connectivity index (χ3n) is 2.94. The van der Waals surface area contributed by atoms with E-state index in [1.54, 1.807) is 6.08 Å². The van der Waals surface area contributed by atoms with Gasteiger partial charge in [-0.3, -0.25) is 4.79 Å². The summed E-state index contributed by atoms with van der Waals surface area (Å²) in [6, 6.07) is 1.01. The van der Waals surface area contributed by atoms with Crippen molar-refractivity contribution in [3.63, 3.8) is 0 Å². The van der Waals surface area contributed by atoms with Crippen molar-refractivity contribution < 1.29 is 4.79 Å². The minimum absolute atomic E-state index is 0.275. The zero-order valence-electron chi connectivity index (χ0n) is 9.96. The Balaban J connectivity index is 2.26. The van der Waals surface area contributed by atoms with Crippen LogP contribution in [0.5, 0.6) is 0 Å². The van der Waals surface area contributed by atoms with Gasteiger partial charge < -0.3 is 5.32 Å². The Morgan fingerprint density at radius 2 is 2.27 bits per heavy atom. The summed E-state index contributed by atoms with van der Waals surface area (Å²) in [6.07, 6.45) is 10.3. The van der Waals surface area contributed by atoms with Crippen LogP contribution < -0.4 is 5.32 Å². The number of hydrogen-bond acceptors (Lipinski definition) is 2. The SMILES string of the molecule is CCCCC(=O)/C=C/[C@@H]1CCC[C@H](C)N1. The normalized spacial score (nSPS) is 27.1. The molecule has 15 heavy (non-hydrogen) atoms. The molecule has 0 saturated carbocycles. The summed E-state index contributed by atoms with van der Waals surface area (Å²) >= 11 is 0. The number of piperidine rings is 1. The molecule has 0 aromatic carbocycles. The van der Waals surface area contributed by atoms with E-state index in [0.717, 1.165) is 12.8 Å². The topological polar surface area (TPSA) is 29.1 Å². The van der Waals surface area contributed by atoms with E-state index in [2.05, 4.69) is 19.2 Å². The summed E-state index contributed by atoms with van der Waals surface area (Å²) in [7, 11) is 0. The monoisotopic (exact) mass is 209 g/mol. The molecule has 0 aliphatic carbocycles. The summed E-state index contributed by atoms with van der Waals surface area (Å²) < 4.78 is 0. The number of carbonyl (C=O) groups is 1. The highest BCUT2D eigenvalue weighted by Crippen LogP contribution is 2.13. The van der Waals surface area contributed by atoms with E-state index >= 15 is 0 Å². The van der Waals surface area contributed by atoms with E-state index in [1.165, 1.54) is 19.3 Å². The highest BCUT2D eigenvalue weighted by atomic mass is 16.1. The number of hydrogen-bond donors (Lipinski definition) is 1. The van der Waals surface area contributed by atoms with Crippen LogP contribution in [0.25, 0.3) is 0 Å². The second kappa shape index (κ2) is 6.78. The van der Waals surface area contributed by atoms with Crippen molar-refractivity contribution in [3.8, 4) is 0 Å². The van der Waals surface area contributed by atoms with E-state index in [9.17, 15) is 4.79 Å². The van der Waals surface area contributed by atoms with Gasteiger partial charge in [-0.25, -0.2) is 0 Å². The van der Waals surface area contributed by atoms with Gasteiger partial charge in [-0.2, -0.15) is 0 Å². The minimum Gasteiger partial charge on any atom is -0.308 e. The number of allylic oxidation sites excluding steroid dienone is 1. The Hall–Kier alpha value is -0.630. The molecule has 2 nitrogen and oxygen atoms in total. The first-order valence-corrected chi connectivity index (χ1v) is 6.19. The van der Waals surface area contributed by atoms with Gasteiger partial charge in [-0.05, 0) is 32.3 Å². The number of rotatable bonds is 5. The van der Waals surface area contributed by atoms with Gasteiger partial charge in [0.25, 0.3) is 0 Å². The van der Waals surface area contributed by atoms with Crippen molar-refractivity contribution in [2.75, 3.05) is 0 Å². The Morgan fingerprint density at radius 3 is 2.93 bits per heavy atom. The predicted octanol–water partition coefficient (Wildman–Crippen LogP) is 2.83. The fourth-order valence-electron chi connectivity index (χ4n) is 1.99. The first-order valence-electron chi connectivity index (χ1n) is 6.19. The molecular formula is C13H23NO. The van der Waals surface area contributed by atoms with Gasteiger partial charge in [-0.15, -0.1) is 0 Å². The Labute approximate surface area is 93.1 Å². The van der Waals surface area contributed by atoms with Crippen LogP contribution >= 0.6 is 0 Å². The molecule has 1 aliphatic rings. The summed E-state index contributed by atoms with van der Waals surface area (Å²) in [5, 5.41) is 3.49. The molecule has 1 saturated heterocycles. The summed E-state index contributed by atoms with van der Waals surface area (Å²) in [5.41, 5.74) is 0. The molecule has 0 aromatic heterocycles. The first kappa shape index (κ1) is 12.4. The molecule has 1 rings (SSSR count). The van der Waals surface area contributed by atoms with Crippen molar-refractivity contribution in [2.45, 2.75) is 64.5 Å². The van der Waals surface area contributed by atoms with Gasteiger partial charge in [0.15, 0.2) is 5.78 Å².